The third kappa shape index (κ3) is 5.27. The molecule has 0 fully saturated rings. The molecule has 2 amide bonds. The number of aromatic nitrogens is 3. The van der Waals surface area contributed by atoms with Crippen molar-refractivity contribution in [3.63, 3.8) is 0 Å². The summed E-state index contributed by atoms with van der Waals surface area (Å²) < 4.78 is 0. The Morgan fingerprint density at radius 2 is 1.33 bits per heavy atom. The predicted molar refractivity (Wildman–Crippen MR) is 98.9 cm³/mol. The van der Waals surface area contributed by atoms with Crippen LogP contribution in [0.1, 0.15) is 27.7 Å². The number of anilines is 2. The zero-order valence-electron chi connectivity index (χ0n) is 15.4. The van der Waals surface area contributed by atoms with Crippen molar-refractivity contribution in [2.75, 3.05) is 10.6 Å². The number of nitrogens with one attached hydrogen (secondary N) is 2. The van der Waals surface area contributed by atoms with Gasteiger partial charge in [-0.3, -0.25) is 30.3 Å². The number of benzene rings is 1. The standard InChI is InChI=1S/C17H20N6O4/c1-9(2)14(24)20-16-18-13(11-5-7-12(8-6-11)23(26)27)19-17(22-16)21-15(25)10(3)4/h5-10H,1-4H3,(H2,18,19,20,21,22,24,25). The van der Waals surface area contributed by atoms with E-state index in [9.17, 15) is 19.7 Å². The van der Waals surface area contributed by atoms with E-state index in [0.717, 1.165) is 0 Å². The van der Waals surface area contributed by atoms with Crippen LogP contribution in [-0.2, 0) is 9.59 Å². The fraction of sp³-hybridized carbons (Fsp3) is 0.353. The van der Waals surface area contributed by atoms with E-state index in [0.29, 0.717) is 5.56 Å². The summed E-state index contributed by atoms with van der Waals surface area (Å²) in [5.41, 5.74) is 0.401. The van der Waals surface area contributed by atoms with Crippen LogP contribution in [0.4, 0.5) is 17.6 Å². The Labute approximate surface area is 155 Å². The van der Waals surface area contributed by atoms with Gasteiger partial charge in [-0.25, -0.2) is 0 Å². The molecule has 1 aromatic carbocycles. The molecule has 0 aliphatic carbocycles. The Morgan fingerprint density at radius 3 is 1.70 bits per heavy atom. The van der Waals surface area contributed by atoms with Crippen LogP contribution in [0.5, 0.6) is 0 Å². The first kappa shape index (κ1) is 19.9. The molecule has 0 radical (unpaired) electrons. The van der Waals surface area contributed by atoms with Crippen LogP contribution in [0, 0.1) is 22.0 Å². The molecular formula is C17H20N6O4. The minimum absolute atomic E-state index is 0.0175. The summed E-state index contributed by atoms with van der Waals surface area (Å²) in [7, 11) is 0. The van der Waals surface area contributed by atoms with Crippen molar-refractivity contribution in [2.45, 2.75) is 27.7 Å². The van der Waals surface area contributed by atoms with E-state index in [2.05, 4.69) is 25.6 Å². The lowest BCUT2D eigenvalue weighted by atomic mass is 10.2. The SMILES string of the molecule is CC(C)C(=O)Nc1nc(NC(=O)C(C)C)nc(-c2ccc([N+](=O)[O-])cc2)n1. The Morgan fingerprint density at radius 1 is 0.889 bits per heavy atom. The van der Waals surface area contributed by atoms with Crippen molar-refractivity contribution in [1.29, 1.82) is 0 Å². The first-order chi connectivity index (χ1) is 12.7. The number of hydrogen-bond acceptors (Lipinski definition) is 7. The smallest absolute Gasteiger partial charge is 0.269 e. The normalized spacial score (nSPS) is 10.7. The lowest BCUT2D eigenvalue weighted by Gasteiger charge is -2.11. The van der Waals surface area contributed by atoms with Gasteiger partial charge in [0, 0.05) is 29.5 Å². The summed E-state index contributed by atoms with van der Waals surface area (Å²) in [4.78, 5) is 46.6. The number of rotatable bonds is 6. The van der Waals surface area contributed by atoms with Crippen LogP contribution < -0.4 is 10.6 Å². The number of hydrogen-bond donors (Lipinski definition) is 2. The summed E-state index contributed by atoms with van der Waals surface area (Å²) in [6.45, 7) is 6.87. The zero-order chi connectivity index (χ0) is 20.1. The fourth-order valence-corrected chi connectivity index (χ4v) is 1.86. The average molecular weight is 372 g/mol. The van der Waals surface area contributed by atoms with Crippen LogP contribution in [0.25, 0.3) is 11.4 Å². The first-order valence-corrected chi connectivity index (χ1v) is 8.30. The fourth-order valence-electron chi connectivity index (χ4n) is 1.86. The van der Waals surface area contributed by atoms with Crippen LogP contribution in [0.15, 0.2) is 24.3 Å². The Kier molecular flexibility index (Phi) is 6.11. The number of carbonyl (C=O) groups excluding carboxylic acids is 2. The lowest BCUT2D eigenvalue weighted by molar-refractivity contribution is -0.384. The maximum Gasteiger partial charge on any atom is 0.269 e. The van der Waals surface area contributed by atoms with Gasteiger partial charge in [-0.1, -0.05) is 27.7 Å². The predicted octanol–water partition coefficient (Wildman–Crippen LogP) is 2.64. The Balaban J connectivity index is 2.43. The van der Waals surface area contributed by atoms with Gasteiger partial charge in [-0.2, -0.15) is 15.0 Å². The second-order valence-electron chi connectivity index (χ2n) is 6.40. The summed E-state index contributed by atoms with van der Waals surface area (Å²) in [5, 5.41) is 15.9. The molecule has 142 valence electrons. The summed E-state index contributed by atoms with van der Waals surface area (Å²) in [6, 6.07) is 5.60. The van der Waals surface area contributed by atoms with Crippen molar-refractivity contribution >= 4 is 29.4 Å². The number of carbonyl (C=O) groups is 2. The van der Waals surface area contributed by atoms with Crippen molar-refractivity contribution in [1.82, 2.24) is 15.0 Å². The van der Waals surface area contributed by atoms with Crippen LogP contribution in [0.3, 0.4) is 0 Å². The zero-order valence-corrected chi connectivity index (χ0v) is 15.4. The molecule has 27 heavy (non-hydrogen) atoms. The molecule has 0 saturated heterocycles. The van der Waals surface area contributed by atoms with Crippen molar-refractivity contribution < 1.29 is 14.5 Å². The molecule has 0 aliphatic rings. The monoisotopic (exact) mass is 372 g/mol. The van der Waals surface area contributed by atoms with Crippen molar-refractivity contribution in [2.24, 2.45) is 11.8 Å². The molecule has 0 bridgehead atoms. The number of nitro benzene ring substituents is 1. The second-order valence-corrected chi connectivity index (χ2v) is 6.40. The molecule has 0 unspecified atom stereocenters. The van der Waals surface area contributed by atoms with Gasteiger partial charge < -0.3 is 0 Å². The van der Waals surface area contributed by atoms with Gasteiger partial charge in [0.15, 0.2) is 5.82 Å². The number of nitro groups is 1. The maximum absolute atomic E-state index is 11.9. The quantitative estimate of drug-likeness (QED) is 0.586. The summed E-state index contributed by atoms with van der Waals surface area (Å²) in [5.74, 6) is -1.05. The molecule has 0 spiro atoms. The van der Waals surface area contributed by atoms with E-state index in [1.807, 2.05) is 0 Å². The summed E-state index contributed by atoms with van der Waals surface area (Å²) in [6.07, 6.45) is 0. The van der Waals surface area contributed by atoms with Crippen LogP contribution in [-0.4, -0.2) is 31.7 Å². The number of nitrogens with zero attached hydrogens (tertiary/aromatic N) is 4. The van der Waals surface area contributed by atoms with E-state index >= 15 is 0 Å². The van der Waals surface area contributed by atoms with Crippen LogP contribution in [0.2, 0.25) is 0 Å². The largest absolute Gasteiger partial charge is 0.294 e. The highest BCUT2D eigenvalue weighted by Crippen LogP contribution is 2.21. The molecule has 10 heteroatoms. The van der Waals surface area contributed by atoms with Gasteiger partial charge in [-0.15, -0.1) is 0 Å². The molecule has 0 atom stereocenters. The van der Waals surface area contributed by atoms with Gasteiger partial charge >= 0.3 is 0 Å². The molecule has 2 N–H and O–H groups in total. The number of non-ortho nitro benzene ring substituents is 1. The van der Waals surface area contributed by atoms with Gasteiger partial charge in [0.1, 0.15) is 0 Å². The maximum atomic E-state index is 11.9. The van der Waals surface area contributed by atoms with Gasteiger partial charge in [0.25, 0.3) is 5.69 Å². The van der Waals surface area contributed by atoms with E-state index in [1.165, 1.54) is 24.3 Å². The van der Waals surface area contributed by atoms with Crippen molar-refractivity contribution in [3.05, 3.63) is 34.4 Å². The van der Waals surface area contributed by atoms with E-state index in [-0.39, 0.29) is 47.1 Å². The van der Waals surface area contributed by atoms with E-state index < -0.39 is 4.92 Å². The Bertz CT molecular complexity index is 824. The molecule has 1 aromatic heterocycles. The first-order valence-electron chi connectivity index (χ1n) is 8.30. The third-order valence-electron chi connectivity index (χ3n) is 3.49. The second kappa shape index (κ2) is 8.30. The topological polar surface area (TPSA) is 140 Å². The molecule has 0 saturated carbocycles. The minimum Gasteiger partial charge on any atom is -0.294 e. The molecule has 2 aromatic rings. The van der Waals surface area contributed by atoms with E-state index in [1.54, 1.807) is 27.7 Å². The van der Waals surface area contributed by atoms with Gasteiger partial charge in [0.2, 0.25) is 23.7 Å². The summed E-state index contributed by atoms with van der Waals surface area (Å²) >= 11 is 0. The molecular weight excluding hydrogens is 352 g/mol. The molecule has 2 rings (SSSR count). The average Bonchev–Trinajstić information content (AvgIpc) is 2.61. The third-order valence-corrected chi connectivity index (χ3v) is 3.49. The molecule has 10 nitrogen and oxygen atoms in total. The Hall–Kier alpha value is -3.43. The number of amides is 2. The highest BCUT2D eigenvalue weighted by molar-refractivity contribution is 5.92. The molecule has 0 aliphatic heterocycles. The van der Waals surface area contributed by atoms with Crippen molar-refractivity contribution in [3.8, 4) is 11.4 Å². The molecule has 1 heterocycles. The lowest BCUT2D eigenvalue weighted by Crippen LogP contribution is -2.23. The van der Waals surface area contributed by atoms with Gasteiger partial charge in [-0.05, 0) is 12.1 Å². The highest BCUT2D eigenvalue weighted by atomic mass is 16.6. The van der Waals surface area contributed by atoms with Gasteiger partial charge in [0.05, 0.1) is 4.92 Å². The highest BCUT2D eigenvalue weighted by Gasteiger charge is 2.16. The van der Waals surface area contributed by atoms with Crippen LogP contribution >= 0.6 is 0 Å². The van der Waals surface area contributed by atoms with E-state index in [4.69, 9.17) is 0 Å². The minimum atomic E-state index is -0.514.